The van der Waals surface area contributed by atoms with Crippen molar-refractivity contribution in [2.75, 3.05) is 0 Å². The summed E-state index contributed by atoms with van der Waals surface area (Å²) >= 11 is 0. The number of hydrogen-bond acceptors (Lipinski definition) is 1. The highest BCUT2D eigenvalue weighted by Crippen LogP contribution is 2.40. The minimum absolute atomic E-state index is 0.205. The molecule has 0 aromatic carbocycles. The topological polar surface area (TPSA) is 26.0 Å². The normalized spacial score (nSPS) is 36.2. The second kappa shape index (κ2) is 3.95. The van der Waals surface area contributed by atoms with Crippen molar-refractivity contribution in [1.29, 1.82) is 0 Å². The fraction of sp³-hybridized carbons (Fsp3) is 1.00. The van der Waals surface area contributed by atoms with E-state index in [1.807, 2.05) is 0 Å². The van der Waals surface area contributed by atoms with Gasteiger partial charge in [-0.3, -0.25) is 0 Å². The van der Waals surface area contributed by atoms with Crippen molar-refractivity contribution >= 4 is 0 Å². The maximum Gasteiger partial charge on any atom is 0.115 e. The molecule has 1 nitrogen and oxygen atoms in total. The van der Waals surface area contributed by atoms with Gasteiger partial charge >= 0.3 is 0 Å². The molecule has 0 heterocycles. The van der Waals surface area contributed by atoms with Gasteiger partial charge in [0.05, 0.1) is 0 Å². The third kappa shape index (κ3) is 2.43. The first kappa shape index (κ1) is 11.0. The monoisotopic (exact) mass is 187 g/mol. The quantitative estimate of drug-likeness (QED) is 0.706. The van der Waals surface area contributed by atoms with Gasteiger partial charge in [-0.15, -0.1) is 0 Å². The third-order valence-corrected chi connectivity index (χ3v) is 3.84. The van der Waals surface area contributed by atoms with E-state index in [0.29, 0.717) is 12.3 Å². The summed E-state index contributed by atoms with van der Waals surface area (Å²) in [5, 5.41) is 0. The van der Waals surface area contributed by atoms with Gasteiger partial charge in [0.25, 0.3) is 0 Å². The molecule has 0 unspecified atom stereocenters. The molecule has 0 aliphatic heterocycles. The SMILES string of the molecule is CCC(C)(C)[C@@H]1CC[C@H](N)[C@H](F)C1. The summed E-state index contributed by atoms with van der Waals surface area (Å²) in [4.78, 5) is 0. The molecule has 0 radical (unpaired) electrons. The van der Waals surface area contributed by atoms with E-state index in [9.17, 15) is 4.39 Å². The van der Waals surface area contributed by atoms with Gasteiger partial charge in [-0.2, -0.15) is 0 Å². The molecule has 1 saturated carbocycles. The van der Waals surface area contributed by atoms with Gasteiger partial charge in [-0.05, 0) is 30.6 Å². The lowest BCUT2D eigenvalue weighted by Gasteiger charge is -2.39. The second-order valence-corrected chi connectivity index (χ2v) is 5.03. The number of alkyl halides is 1. The van der Waals surface area contributed by atoms with E-state index in [2.05, 4.69) is 20.8 Å². The summed E-state index contributed by atoms with van der Waals surface area (Å²) in [7, 11) is 0. The summed E-state index contributed by atoms with van der Waals surface area (Å²) in [6, 6.07) is -0.205. The molecule has 13 heavy (non-hydrogen) atoms. The summed E-state index contributed by atoms with van der Waals surface area (Å²) in [5.74, 6) is 0.521. The first-order valence-corrected chi connectivity index (χ1v) is 5.37. The first-order chi connectivity index (χ1) is 5.97. The fourth-order valence-corrected chi connectivity index (χ4v) is 2.14. The Kier molecular flexibility index (Phi) is 3.33. The van der Waals surface area contributed by atoms with E-state index in [1.54, 1.807) is 0 Å². The smallest absolute Gasteiger partial charge is 0.115 e. The van der Waals surface area contributed by atoms with Gasteiger partial charge in [-0.1, -0.05) is 27.2 Å². The molecule has 3 atom stereocenters. The molecule has 0 aromatic rings. The Balaban J connectivity index is 2.55. The molecule has 0 bridgehead atoms. The number of hydrogen-bond donors (Lipinski definition) is 1. The van der Waals surface area contributed by atoms with E-state index < -0.39 is 6.17 Å². The van der Waals surface area contributed by atoms with Crippen LogP contribution in [0.15, 0.2) is 0 Å². The van der Waals surface area contributed by atoms with Crippen LogP contribution in [0.1, 0.15) is 46.5 Å². The van der Waals surface area contributed by atoms with Crippen molar-refractivity contribution in [3.05, 3.63) is 0 Å². The molecule has 0 saturated heterocycles. The van der Waals surface area contributed by atoms with Gasteiger partial charge < -0.3 is 5.73 Å². The van der Waals surface area contributed by atoms with Crippen molar-refractivity contribution in [2.45, 2.75) is 58.7 Å². The number of rotatable bonds is 2. The van der Waals surface area contributed by atoms with E-state index in [0.717, 1.165) is 19.3 Å². The highest BCUT2D eigenvalue weighted by Gasteiger charge is 2.35. The molecule has 1 rings (SSSR count). The van der Waals surface area contributed by atoms with Crippen LogP contribution in [-0.4, -0.2) is 12.2 Å². The average Bonchev–Trinajstić information content (AvgIpc) is 2.09. The molecule has 0 amide bonds. The fourth-order valence-electron chi connectivity index (χ4n) is 2.14. The largest absolute Gasteiger partial charge is 0.325 e. The van der Waals surface area contributed by atoms with E-state index >= 15 is 0 Å². The van der Waals surface area contributed by atoms with Crippen molar-refractivity contribution < 1.29 is 4.39 Å². The maximum atomic E-state index is 13.4. The van der Waals surface area contributed by atoms with Gasteiger partial charge in [-0.25, -0.2) is 4.39 Å². The van der Waals surface area contributed by atoms with E-state index in [4.69, 9.17) is 5.73 Å². The zero-order valence-corrected chi connectivity index (χ0v) is 9.02. The summed E-state index contributed by atoms with van der Waals surface area (Å²) in [5.41, 5.74) is 5.93. The highest BCUT2D eigenvalue weighted by molar-refractivity contribution is 4.88. The predicted molar refractivity (Wildman–Crippen MR) is 54.3 cm³/mol. The molecule has 2 N–H and O–H groups in total. The Labute approximate surface area is 80.9 Å². The Morgan fingerprint density at radius 1 is 1.38 bits per heavy atom. The molecule has 2 heteroatoms. The minimum atomic E-state index is -0.774. The van der Waals surface area contributed by atoms with Crippen molar-refractivity contribution in [3.8, 4) is 0 Å². The van der Waals surface area contributed by atoms with Crippen LogP contribution in [0.3, 0.4) is 0 Å². The zero-order valence-electron chi connectivity index (χ0n) is 9.02. The molecular formula is C11H22FN. The van der Waals surface area contributed by atoms with Gasteiger partial charge in [0, 0.05) is 6.04 Å². The lowest BCUT2D eigenvalue weighted by Crippen LogP contribution is -2.41. The number of halogens is 1. The maximum absolute atomic E-state index is 13.4. The van der Waals surface area contributed by atoms with Crippen LogP contribution in [0, 0.1) is 11.3 Å². The summed E-state index contributed by atoms with van der Waals surface area (Å²) < 4.78 is 13.4. The van der Waals surface area contributed by atoms with Crippen molar-refractivity contribution in [3.63, 3.8) is 0 Å². The van der Waals surface area contributed by atoms with Crippen molar-refractivity contribution in [1.82, 2.24) is 0 Å². The first-order valence-electron chi connectivity index (χ1n) is 5.37. The molecular weight excluding hydrogens is 165 g/mol. The van der Waals surface area contributed by atoms with Gasteiger partial charge in [0.1, 0.15) is 6.17 Å². The molecule has 1 aliphatic rings. The minimum Gasteiger partial charge on any atom is -0.325 e. The van der Waals surface area contributed by atoms with Crippen LogP contribution >= 0.6 is 0 Å². The molecule has 78 valence electrons. The van der Waals surface area contributed by atoms with E-state index in [-0.39, 0.29) is 11.5 Å². The van der Waals surface area contributed by atoms with E-state index in [1.165, 1.54) is 0 Å². The molecule has 1 fully saturated rings. The van der Waals surface area contributed by atoms with Crippen LogP contribution in [0.2, 0.25) is 0 Å². The molecule has 0 aromatic heterocycles. The molecule has 1 aliphatic carbocycles. The zero-order chi connectivity index (χ0) is 10.1. The Morgan fingerprint density at radius 2 is 2.00 bits per heavy atom. The summed E-state index contributed by atoms with van der Waals surface area (Å²) in [6.45, 7) is 6.66. The molecule has 0 spiro atoms. The Hall–Kier alpha value is -0.110. The average molecular weight is 187 g/mol. The third-order valence-electron chi connectivity index (χ3n) is 3.84. The van der Waals surface area contributed by atoms with Crippen LogP contribution in [-0.2, 0) is 0 Å². The van der Waals surface area contributed by atoms with Gasteiger partial charge in [0.2, 0.25) is 0 Å². The van der Waals surface area contributed by atoms with Gasteiger partial charge in [0.15, 0.2) is 0 Å². The predicted octanol–water partition coefficient (Wildman–Crippen LogP) is 2.89. The summed E-state index contributed by atoms with van der Waals surface area (Å²) in [6.07, 6.45) is 2.98. The Bertz CT molecular complexity index is 167. The Morgan fingerprint density at radius 3 is 2.46 bits per heavy atom. The lowest BCUT2D eigenvalue weighted by molar-refractivity contribution is 0.0860. The standard InChI is InChI=1S/C11H22FN/c1-4-11(2,3)8-5-6-10(13)9(12)7-8/h8-10H,4-7,13H2,1-3H3/t8-,9-,10+/m1/s1. The van der Waals surface area contributed by atoms with Crippen LogP contribution in [0.5, 0.6) is 0 Å². The number of nitrogens with two attached hydrogens (primary N) is 1. The van der Waals surface area contributed by atoms with Crippen LogP contribution < -0.4 is 5.73 Å². The lowest BCUT2D eigenvalue weighted by atomic mass is 9.68. The van der Waals surface area contributed by atoms with Crippen LogP contribution in [0.4, 0.5) is 4.39 Å². The van der Waals surface area contributed by atoms with Crippen LogP contribution in [0.25, 0.3) is 0 Å². The second-order valence-electron chi connectivity index (χ2n) is 5.03. The highest BCUT2D eigenvalue weighted by atomic mass is 19.1. The van der Waals surface area contributed by atoms with Crippen molar-refractivity contribution in [2.24, 2.45) is 17.1 Å².